The van der Waals surface area contributed by atoms with Crippen molar-refractivity contribution < 1.29 is 0 Å². The third-order valence-corrected chi connectivity index (χ3v) is 3.19. The minimum absolute atomic E-state index is 0.728. The van der Waals surface area contributed by atoms with Crippen LogP contribution in [0.5, 0.6) is 0 Å². The summed E-state index contributed by atoms with van der Waals surface area (Å²) in [6.07, 6.45) is 5.82. The lowest BCUT2D eigenvalue weighted by Crippen LogP contribution is -2.16. The van der Waals surface area contributed by atoms with Gasteiger partial charge in [0.1, 0.15) is 8.07 Å². The molecule has 1 heteroatoms. The first-order chi connectivity index (χ1) is 6.03. The Morgan fingerprint density at radius 3 is 2.69 bits per heavy atom. The quantitative estimate of drug-likeness (QED) is 0.365. The lowest BCUT2D eigenvalue weighted by Gasteiger charge is -2.02. The molecule has 1 fully saturated rings. The molecule has 1 aliphatic rings. The molecular formula is C12H20Si. The second-order valence-corrected chi connectivity index (χ2v) is 9.74. The fraction of sp³-hybridized carbons (Fsp3) is 0.667. The first-order valence-corrected chi connectivity index (χ1v) is 8.66. The molecule has 1 aliphatic carbocycles. The summed E-state index contributed by atoms with van der Waals surface area (Å²) in [7, 11) is -1.12. The molecule has 0 aromatic rings. The van der Waals surface area contributed by atoms with Crippen LogP contribution in [0.2, 0.25) is 19.6 Å². The van der Waals surface area contributed by atoms with Crippen molar-refractivity contribution >= 4 is 8.07 Å². The molecule has 1 saturated carbocycles. The van der Waals surface area contributed by atoms with Crippen molar-refractivity contribution in [3.8, 4) is 11.5 Å². The number of rotatable bonds is 3. The van der Waals surface area contributed by atoms with E-state index >= 15 is 0 Å². The molecular weight excluding hydrogens is 172 g/mol. The lowest BCUT2D eigenvalue weighted by molar-refractivity contribution is 0.715. The molecule has 0 N–H and O–H groups in total. The van der Waals surface area contributed by atoms with E-state index in [-0.39, 0.29) is 0 Å². The van der Waals surface area contributed by atoms with Gasteiger partial charge in [0, 0.05) is 5.92 Å². The van der Waals surface area contributed by atoms with Gasteiger partial charge in [0.2, 0.25) is 0 Å². The van der Waals surface area contributed by atoms with Gasteiger partial charge in [-0.3, -0.25) is 0 Å². The van der Waals surface area contributed by atoms with Crippen LogP contribution in [0.3, 0.4) is 0 Å². The second-order valence-electron chi connectivity index (χ2n) is 4.99. The maximum atomic E-state index is 3.74. The summed E-state index contributed by atoms with van der Waals surface area (Å²) in [6.45, 7) is 10.7. The molecule has 0 aliphatic heterocycles. The molecule has 0 unspecified atom stereocenters. The summed E-state index contributed by atoms with van der Waals surface area (Å²) < 4.78 is 0. The lowest BCUT2D eigenvalue weighted by atomic mass is 10.2. The van der Waals surface area contributed by atoms with Gasteiger partial charge in [-0.1, -0.05) is 25.7 Å². The van der Waals surface area contributed by atoms with Crippen molar-refractivity contribution in [1.29, 1.82) is 0 Å². The summed E-state index contributed by atoms with van der Waals surface area (Å²) >= 11 is 0. The first-order valence-electron chi connectivity index (χ1n) is 5.16. The molecule has 1 rings (SSSR count). The minimum atomic E-state index is -1.12. The van der Waals surface area contributed by atoms with E-state index in [1.54, 1.807) is 0 Å². The van der Waals surface area contributed by atoms with Crippen LogP contribution in [0.15, 0.2) is 12.7 Å². The Morgan fingerprint density at radius 1 is 1.46 bits per heavy atom. The Bertz CT molecular complexity index is 236. The number of allylic oxidation sites excluding steroid dienone is 1. The van der Waals surface area contributed by atoms with E-state index in [1.165, 1.54) is 12.8 Å². The normalized spacial score (nSPS) is 26.1. The first kappa shape index (κ1) is 10.6. The van der Waals surface area contributed by atoms with Crippen molar-refractivity contribution in [1.82, 2.24) is 0 Å². The van der Waals surface area contributed by atoms with E-state index in [0.29, 0.717) is 0 Å². The highest BCUT2D eigenvalue weighted by atomic mass is 28.3. The average molecular weight is 192 g/mol. The molecule has 0 nitrogen and oxygen atoms in total. The standard InChI is InChI=1S/C12H20Si/c1-5-6-7-11-10-12(11)8-9-13(2,3)4/h5,11-12H,1,6-7,10H2,2-4H3/t11-,12+/m1/s1. The smallest absolute Gasteiger partial charge is 0.129 e. The Morgan fingerprint density at radius 2 is 2.15 bits per heavy atom. The van der Waals surface area contributed by atoms with Crippen LogP contribution >= 0.6 is 0 Å². The molecule has 0 spiro atoms. The van der Waals surface area contributed by atoms with Gasteiger partial charge >= 0.3 is 0 Å². The zero-order valence-corrected chi connectivity index (χ0v) is 10.1. The van der Waals surface area contributed by atoms with Crippen LogP contribution in [-0.2, 0) is 0 Å². The Labute approximate surface area is 83.4 Å². The number of hydrogen-bond acceptors (Lipinski definition) is 0. The fourth-order valence-electron chi connectivity index (χ4n) is 1.38. The number of hydrogen-bond donors (Lipinski definition) is 0. The maximum absolute atomic E-state index is 3.74. The van der Waals surface area contributed by atoms with Gasteiger partial charge in [0.25, 0.3) is 0 Å². The molecule has 2 atom stereocenters. The maximum Gasteiger partial charge on any atom is 0.129 e. The Hall–Kier alpha value is -0.483. The zero-order chi connectivity index (χ0) is 9.90. The van der Waals surface area contributed by atoms with Crippen LogP contribution in [0.25, 0.3) is 0 Å². The third kappa shape index (κ3) is 4.33. The van der Waals surface area contributed by atoms with Crippen molar-refractivity contribution in [2.24, 2.45) is 11.8 Å². The highest BCUT2D eigenvalue weighted by Crippen LogP contribution is 2.41. The largest absolute Gasteiger partial charge is 0.132 e. The summed E-state index contributed by atoms with van der Waals surface area (Å²) in [5, 5.41) is 0. The van der Waals surface area contributed by atoms with E-state index < -0.39 is 8.07 Å². The average Bonchev–Trinajstić information content (AvgIpc) is 2.75. The predicted molar refractivity (Wildman–Crippen MR) is 62.2 cm³/mol. The Kier molecular flexibility index (Phi) is 3.38. The second kappa shape index (κ2) is 4.15. The van der Waals surface area contributed by atoms with Gasteiger partial charge in [-0.05, 0) is 25.2 Å². The monoisotopic (exact) mass is 192 g/mol. The van der Waals surface area contributed by atoms with Crippen LogP contribution < -0.4 is 0 Å². The van der Waals surface area contributed by atoms with Gasteiger partial charge in [0.15, 0.2) is 0 Å². The fourth-order valence-corrected chi connectivity index (χ4v) is 2.00. The third-order valence-electron chi connectivity index (χ3n) is 2.30. The molecule has 0 saturated heterocycles. The van der Waals surface area contributed by atoms with Crippen molar-refractivity contribution in [2.75, 3.05) is 0 Å². The molecule has 13 heavy (non-hydrogen) atoms. The highest BCUT2D eigenvalue weighted by Gasteiger charge is 2.34. The van der Waals surface area contributed by atoms with Crippen LogP contribution in [-0.4, -0.2) is 8.07 Å². The predicted octanol–water partition coefficient (Wildman–Crippen LogP) is 3.47. The van der Waals surface area contributed by atoms with Gasteiger partial charge in [-0.25, -0.2) is 0 Å². The summed E-state index contributed by atoms with van der Waals surface area (Å²) in [4.78, 5) is 0. The minimum Gasteiger partial charge on any atom is -0.132 e. The van der Waals surface area contributed by atoms with Crippen LogP contribution in [0.1, 0.15) is 19.3 Å². The van der Waals surface area contributed by atoms with E-state index in [2.05, 4.69) is 37.7 Å². The molecule has 0 amide bonds. The molecule has 0 bridgehead atoms. The zero-order valence-electron chi connectivity index (χ0n) is 9.06. The van der Waals surface area contributed by atoms with Gasteiger partial charge in [0.05, 0.1) is 0 Å². The van der Waals surface area contributed by atoms with Crippen LogP contribution in [0, 0.1) is 23.3 Å². The summed E-state index contributed by atoms with van der Waals surface area (Å²) in [5.41, 5.74) is 3.45. The van der Waals surface area contributed by atoms with Crippen molar-refractivity contribution in [3.63, 3.8) is 0 Å². The molecule has 0 radical (unpaired) electrons. The van der Waals surface area contributed by atoms with E-state index in [1.807, 2.05) is 6.08 Å². The molecule has 72 valence electrons. The summed E-state index contributed by atoms with van der Waals surface area (Å²) in [6, 6.07) is 0. The molecule has 0 heterocycles. The SMILES string of the molecule is C=CCC[C@@H]1C[C@@H]1C#C[Si](C)(C)C. The summed E-state index contributed by atoms with van der Waals surface area (Å²) in [5.74, 6) is 5.05. The Balaban J connectivity index is 2.26. The van der Waals surface area contributed by atoms with Gasteiger partial charge in [-0.2, -0.15) is 0 Å². The highest BCUT2D eigenvalue weighted by molar-refractivity contribution is 6.83. The van der Waals surface area contributed by atoms with Gasteiger partial charge in [-0.15, -0.1) is 18.0 Å². The van der Waals surface area contributed by atoms with E-state index in [0.717, 1.165) is 18.3 Å². The van der Waals surface area contributed by atoms with Crippen LogP contribution in [0.4, 0.5) is 0 Å². The van der Waals surface area contributed by atoms with Crippen molar-refractivity contribution in [2.45, 2.75) is 38.9 Å². The molecule has 0 aromatic heterocycles. The topological polar surface area (TPSA) is 0 Å². The van der Waals surface area contributed by atoms with Gasteiger partial charge < -0.3 is 0 Å². The molecule has 0 aromatic carbocycles. The van der Waals surface area contributed by atoms with E-state index in [9.17, 15) is 0 Å². The van der Waals surface area contributed by atoms with Crippen molar-refractivity contribution in [3.05, 3.63) is 12.7 Å². The van der Waals surface area contributed by atoms with E-state index in [4.69, 9.17) is 0 Å².